The molecule has 7 heteroatoms. The Morgan fingerprint density at radius 1 is 1.15 bits per heavy atom. The topological polar surface area (TPSA) is 52.0 Å². The molecule has 0 amide bonds. The fraction of sp³-hybridized carbons (Fsp3) is 0. The second-order valence-electron chi connectivity index (χ2n) is 4.11. The summed E-state index contributed by atoms with van der Waals surface area (Å²) in [5.74, 6) is -0.666. The molecular formula is C13H8ClFN2O2S. The molecule has 0 atom stereocenters. The predicted octanol–water partition coefficient (Wildman–Crippen LogP) is 3.07. The van der Waals surface area contributed by atoms with Gasteiger partial charge in [0.25, 0.3) is 10.0 Å². The Balaban J connectivity index is 2.23. The lowest BCUT2D eigenvalue weighted by atomic mass is 10.3. The van der Waals surface area contributed by atoms with Gasteiger partial charge in [0.1, 0.15) is 12.1 Å². The van der Waals surface area contributed by atoms with Gasteiger partial charge in [-0.1, -0.05) is 23.7 Å². The predicted molar refractivity (Wildman–Crippen MR) is 73.7 cm³/mol. The highest BCUT2D eigenvalue weighted by atomic mass is 35.5. The van der Waals surface area contributed by atoms with Crippen molar-refractivity contribution in [1.82, 2.24) is 8.96 Å². The third-order valence-corrected chi connectivity index (χ3v) is 4.82. The Morgan fingerprint density at radius 2 is 1.90 bits per heavy atom. The molecule has 4 nitrogen and oxygen atoms in total. The summed E-state index contributed by atoms with van der Waals surface area (Å²) in [6.45, 7) is 0. The van der Waals surface area contributed by atoms with Gasteiger partial charge in [0.15, 0.2) is 0 Å². The van der Waals surface area contributed by atoms with Crippen LogP contribution in [0.25, 0.3) is 11.0 Å². The number of hydrogen-bond acceptors (Lipinski definition) is 3. The van der Waals surface area contributed by atoms with Gasteiger partial charge in [-0.3, -0.25) is 0 Å². The highest BCUT2D eigenvalue weighted by Crippen LogP contribution is 2.23. The van der Waals surface area contributed by atoms with Crippen LogP contribution >= 0.6 is 11.6 Å². The van der Waals surface area contributed by atoms with E-state index in [1.165, 1.54) is 12.4 Å². The number of rotatable bonds is 2. The Hall–Kier alpha value is -1.92. The number of aromatic nitrogens is 2. The summed E-state index contributed by atoms with van der Waals surface area (Å²) in [5, 5.41) is -0.240. The molecule has 0 aliphatic rings. The van der Waals surface area contributed by atoms with Crippen molar-refractivity contribution < 1.29 is 12.8 Å². The number of nitrogens with zero attached hydrogens (tertiary/aromatic N) is 2. The van der Waals surface area contributed by atoms with Crippen molar-refractivity contribution in [3.05, 3.63) is 59.6 Å². The van der Waals surface area contributed by atoms with E-state index in [2.05, 4.69) is 4.98 Å². The van der Waals surface area contributed by atoms with Crippen molar-refractivity contribution in [2.45, 2.75) is 4.90 Å². The van der Waals surface area contributed by atoms with Gasteiger partial charge in [-0.05, 0) is 30.3 Å². The van der Waals surface area contributed by atoms with Crippen molar-refractivity contribution in [2.75, 3.05) is 0 Å². The van der Waals surface area contributed by atoms with Gasteiger partial charge in [-0.25, -0.2) is 21.8 Å². The Kier molecular flexibility index (Phi) is 2.99. The molecule has 0 fully saturated rings. The first-order valence-electron chi connectivity index (χ1n) is 5.63. The molecule has 3 rings (SSSR count). The van der Waals surface area contributed by atoms with E-state index in [1.54, 1.807) is 24.3 Å². The van der Waals surface area contributed by atoms with Crippen LogP contribution in [0.4, 0.5) is 4.39 Å². The molecule has 1 heterocycles. The first kappa shape index (κ1) is 13.1. The second-order valence-corrected chi connectivity index (χ2v) is 6.33. The summed E-state index contributed by atoms with van der Waals surface area (Å²) in [6.07, 6.45) is 1.22. The van der Waals surface area contributed by atoms with Gasteiger partial charge in [0.05, 0.1) is 21.0 Å². The lowest BCUT2D eigenvalue weighted by Crippen LogP contribution is -2.12. The van der Waals surface area contributed by atoms with Crippen LogP contribution in [0.3, 0.4) is 0 Å². The van der Waals surface area contributed by atoms with Crippen molar-refractivity contribution in [1.29, 1.82) is 0 Å². The number of benzene rings is 2. The standard InChI is InChI=1S/C13H8ClFN2O2S/c14-10-7-9(5-6-11(10)15)20(18,19)17-8-16-12-3-1-2-4-13(12)17/h1-8H. The summed E-state index contributed by atoms with van der Waals surface area (Å²) in [4.78, 5) is 3.94. The van der Waals surface area contributed by atoms with E-state index >= 15 is 0 Å². The molecule has 3 aromatic rings. The quantitative estimate of drug-likeness (QED) is 0.731. The van der Waals surface area contributed by atoms with Gasteiger partial charge < -0.3 is 0 Å². The van der Waals surface area contributed by atoms with Crippen LogP contribution in [-0.4, -0.2) is 17.4 Å². The lowest BCUT2D eigenvalue weighted by molar-refractivity contribution is 0.587. The number of halogens is 2. The molecule has 102 valence electrons. The van der Waals surface area contributed by atoms with Crippen LogP contribution in [0.5, 0.6) is 0 Å². The first-order valence-corrected chi connectivity index (χ1v) is 7.45. The van der Waals surface area contributed by atoms with Crippen LogP contribution in [0, 0.1) is 5.82 Å². The zero-order valence-electron chi connectivity index (χ0n) is 9.99. The van der Waals surface area contributed by atoms with Gasteiger partial charge in [-0.15, -0.1) is 0 Å². The monoisotopic (exact) mass is 310 g/mol. The molecule has 0 saturated heterocycles. The Morgan fingerprint density at radius 3 is 2.65 bits per heavy atom. The zero-order chi connectivity index (χ0) is 14.3. The molecule has 1 aromatic heterocycles. The van der Waals surface area contributed by atoms with E-state index in [0.29, 0.717) is 11.0 Å². The van der Waals surface area contributed by atoms with Crippen molar-refractivity contribution in [3.8, 4) is 0 Å². The summed E-state index contributed by atoms with van der Waals surface area (Å²) >= 11 is 5.64. The molecule has 2 aromatic carbocycles. The highest BCUT2D eigenvalue weighted by molar-refractivity contribution is 7.90. The van der Waals surface area contributed by atoms with Crippen LogP contribution in [0.1, 0.15) is 0 Å². The molecule has 0 aliphatic heterocycles. The van der Waals surface area contributed by atoms with Crippen LogP contribution in [-0.2, 0) is 10.0 Å². The molecule has 0 N–H and O–H groups in total. The zero-order valence-corrected chi connectivity index (χ0v) is 11.6. The van der Waals surface area contributed by atoms with E-state index in [0.717, 1.165) is 16.1 Å². The van der Waals surface area contributed by atoms with Crippen LogP contribution < -0.4 is 0 Å². The third kappa shape index (κ3) is 1.97. The Bertz CT molecular complexity index is 906. The smallest absolute Gasteiger partial charge is 0.236 e. The summed E-state index contributed by atoms with van der Waals surface area (Å²) in [5.41, 5.74) is 1.01. The minimum Gasteiger partial charge on any atom is -0.236 e. The van der Waals surface area contributed by atoms with E-state index in [-0.39, 0.29) is 9.92 Å². The normalized spacial score (nSPS) is 11.9. The van der Waals surface area contributed by atoms with Gasteiger partial charge in [0, 0.05) is 0 Å². The maximum Gasteiger partial charge on any atom is 0.269 e. The third-order valence-electron chi connectivity index (χ3n) is 2.87. The van der Waals surface area contributed by atoms with Crippen molar-refractivity contribution in [3.63, 3.8) is 0 Å². The van der Waals surface area contributed by atoms with Gasteiger partial charge in [-0.2, -0.15) is 0 Å². The number of fused-ring (bicyclic) bond motifs is 1. The van der Waals surface area contributed by atoms with E-state index in [4.69, 9.17) is 11.6 Å². The molecule has 0 aliphatic carbocycles. The van der Waals surface area contributed by atoms with Crippen LogP contribution in [0.15, 0.2) is 53.7 Å². The molecule has 0 saturated carbocycles. The van der Waals surface area contributed by atoms with E-state index in [9.17, 15) is 12.8 Å². The average Bonchev–Trinajstić information content (AvgIpc) is 2.86. The van der Waals surface area contributed by atoms with E-state index in [1.807, 2.05) is 0 Å². The lowest BCUT2D eigenvalue weighted by Gasteiger charge is -2.07. The van der Waals surface area contributed by atoms with E-state index < -0.39 is 15.8 Å². The number of para-hydroxylation sites is 2. The molecule has 0 spiro atoms. The first-order chi connectivity index (χ1) is 9.50. The summed E-state index contributed by atoms with van der Waals surface area (Å²) in [6, 6.07) is 10.1. The summed E-state index contributed by atoms with van der Waals surface area (Å²) in [7, 11) is -3.86. The van der Waals surface area contributed by atoms with Crippen molar-refractivity contribution in [2.24, 2.45) is 0 Å². The maximum atomic E-state index is 13.1. The van der Waals surface area contributed by atoms with Crippen molar-refractivity contribution >= 4 is 32.7 Å². The largest absolute Gasteiger partial charge is 0.269 e. The Labute approximate surface area is 119 Å². The average molecular weight is 311 g/mol. The summed E-state index contributed by atoms with van der Waals surface area (Å²) < 4.78 is 39.2. The minimum absolute atomic E-state index is 0.0907. The minimum atomic E-state index is -3.86. The maximum absolute atomic E-state index is 13.1. The molecular weight excluding hydrogens is 303 g/mol. The number of hydrogen-bond donors (Lipinski definition) is 0. The fourth-order valence-corrected chi connectivity index (χ4v) is 3.44. The second kappa shape index (κ2) is 4.57. The molecule has 0 unspecified atom stereocenters. The molecule has 20 heavy (non-hydrogen) atoms. The fourth-order valence-electron chi connectivity index (χ4n) is 1.88. The van der Waals surface area contributed by atoms with Crippen LogP contribution in [0.2, 0.25) is 5.02 Å². The molecule has 0 bridgehead atoms. The van der Waals surface area contributed by atoms with Gasteiger partial charge >= 0.3 is 0 Å². The highest BCUT2D eigenvalue weighted by Gasteiger charge is 2.20. The van der Waals surface area contributed by atoms with Gasteiger partial charge in [0.2, 0.25) is 0 Å². The SMILES string of the molecule is O=S(=O)(c1ccc(F)c(Cl)c1)n1cnc2ccccc21. The number of imidazole rings is 1. The molecule has 0 radical (unpaired) electrons.